The fourth-order valence-corrected chi connectivity index (χ4v) is 5.43. The highest BCUT2D eigenvalue weighted by Crippen LogP contribution is 2.31. The predicted molar refractivity (Wildman–Crippen MR) is 130 cm³/mol. The molecule has 1 aliphatic rings. The average Bonchev–Trinajstić information content (AvgIpc) is 3.33. The summed E-state index contributed by atoms with van der Waals surface area (Å²) < 4.78 is 7.30. The number of para-hydroxylation sites is 1. The average molecular weight is 458 g/mol. The number of H-pyrrole nitrogens is 1. The van der Waals surface area contributed by atoms with E-state index in [1.165, 1.54) is 18.4 Å². The van der Waals surface area contributed by atoms with Crippen molar-refractivity contribution in [2.24, 2.45) is 4.99 Å². The first-order valence-electron chi connectivity index (χ1n) is 10.8. The van der Waals surface area contributed by atoms with Gasteiger partial charge in [0.05, 0.1) is 29.0 Å². The van der Waals surface area contributed by atoms with Crippen LogP contribution in [0.15, 0.2) is 75.7 Å². The van der Waals surface area contributed by atoms with Gasteiger partial charge in [-0.3, -0.25) is 9.36 Å². The minimum Gasteiger partial charge on any atom is -0.466 e. The third kappa shape index (κ3) is 3.45. The molecule has 0 unspecified atom stereocenters. The van der Waals surface area contributed by atoms with Gasteiger partial charge in [0.25, 0.3) is 5.56 Å². The van der Waals surface area contributed by atoms with Crippen molar-refractivity contribution in [1.82, 2.24) is 9.55 Å². The van der Waals surface area contributed by atoms with Gasteiger partial charge in [0.15, 0.2) is 4.80 Å². The van der Waals surface area contributed by atoms with Gasteiger partial charge in [-0.05, 0) is 31.1 Å². The zero-order chi connectivity index (χ0) is 23.1. The number of esters is 1. The summed E-state index contributed by atoms with van der Waals surface area (Å²) in [6.45, 7) is 3.95. The highest BCUT2D eigenvalue weighted by molar-refractivity contribution is 7.07. The lowest BCUT2D eigenvalue weighted by atomic mass is 9.95. The second-order valence-electron chi connectivity index (χ2n) is 7.91. The van der Waals surface area contributed by atoms with Gasteiger partial charge in [0, 0.05) is 22.2 Å². The number of nitrogens with zero attached hydrogens (tertiary/aromatic N) is 2. The van der Waals surface area contributed by atoms with Crippen molar-refractivity contribution in [3.8, 4) is 0 Å². The number of nitrogens with one attached hydrogen (secondary N) is 1. The second kappa shape index (κ2) is 8.33. The highest BCUT2D eigenvalue weighted by atomic mass is 32.1. The Balaban J connectivity index is 1.80. The molecule has 0 bridgehead atoms. The lowest BCUT2D eigenvalue weighted by molar-refractivity contribution is -0.136. The third-order valence-electron chi connectivity index (χ3n) is 5.98. The minimum atomic E-state index is -0.587. The second-order valence-corrected chi connectivity index (χ2v) is 8.92. The van der Waals surface area contributed by atoms with Crippen molar-refractivity contribution in [2.45, 2.75) is 26.3 Å². The molecule has 2 aromatic carbocycles. The van der Waals surface area contributed by atoms with Crippen LogP contribution in [0.25, 0.3) is 17.0 Å². The Kier molecular flexibility index (Phi) is 5.34. The van der Waals surface area contributed by atoms with E-state index in [0.717, 1.165) is 27.7 Å². The number of carbonyl (C=O) groups excluding carboxylic acids is 1. The molecule has 1 N–H and O–H groups in total. The first kappa shape index (κ1) is 21.2. The summed E-state index contributed by atoms with van der Waals surface area (Å²) in [5, 5.41) is 1.06. The van der Waals surface area contributed by atoms with Gasteiger partial charge in [0.2, 0.25) is 0 Å². The van der Waals surface area contributed by atoms with Crippen LogP contribution in [0.5, 0.6) is 0 Å². The number of aromatic amines is 1. The molecule has 166 valence electrons. The van der Waals surface area contributed by atoms with Crippen LogP contribution in [-0.2, 0) is 9.53 Å². The van der Waals surface area contributed by atoms with E-state index < -0.39 is 12.0 Å². The van der Waals surface area contributed by atoms with Gasteiger partial charge in [-0.2, -0.15) is 0 Å². The maximum atomic E-state index is 13.7. The van der Waals surface area contributed by atoms with Gasteiger partial charge in [-0.25, -0.2) is 9.79 Å². The van der Waals surface area contributed by atoms with Crippen molar-refractivity contribution in [1.29, 1.82) is 0 Å². The Bertz CT molecular complexity index is 1590. The molecule has 0 amide bonds. The van der Waals surface area contributed by atoms with E-state index in [4.69, 9.17) is 9.73 Å². The van der Waals surface area contributed by atoms with Crippen LogP contribution in [0, 0.1) is 6.92 Å². The lowest BCUT2D eigenvalue weighted by Crippen LogP contribution is -2.40. The molecule has 3 heterocycles. The topological polar surface area (TPSA) is 76.5 Å². The number of thiazole rings is 1. The lowest BCUT2D eigenvalue weighted by Gasteiger charge is -2.25. The van der Waals surface area contributed by atoms with E-state index in [1.807, 2.05) is 74.5 Å². The van der Waals surface area contributed by atoms with Crippen LogP contribution in [-0.4, -0.2) is 22.6 Å². The maximum Gasteiger partial charge on any atom is 0.338 e. The standard InChI is InChI=1S/C26H23N3O3S/c1-4-19-22(25(31)32-3)23(16-10-6-5-7-11-16)29-24(30)21(33-26(29)28-19)14-18-15(2)27-20-13-9-8-12-17(18)20/h5-14,23,27H,4H2,1-3H3/b21-14-/t23-/m1/s1. The van der Waals surface area contributed by atoms with E-state index in [-0.39, 0.29) is 5.56 Å². The molecule has 0 spiro atoms. The number of hydrogen-bond acceptors (Lipinski definition) is 5. The van der Waals surface area contributed by atoms with Crippen molar-refractivity contribution in [2.75, 3.05) is 7.11 Å². The predicted octanol–water partition coefficient (Wildman–Crippen LogP) is 3.59. The summed E-state index contributed by atoms with van der Waals surface area (Å²) in [6.07, 6.45) is 2.48. The normalized spacial score (nSPS) is 16.1. The summed E-state index contributed by atoms with van der Waals surface area (Å²) in [7, 11) is 1.36. The molecule has 0 radical (unpaired) electrons. The van der Waals surface area contributed by atoms with Gasteiger partial charge in [-0.15, -0.1) is 0 Å². The molecule has 4 aromatic rings. The molecule has 33 heavy (non-hydrogen) atoms. The third-order valence-corrected chi connectivity index (χ3v) is 6.97. The Morgan fingerprint density at radius 2 is 1.91 bits per heavy atom. The van der Waals surface area contributed by atoms with Crippen LogP contribution in [0.4, 0.5) is 0 Å². The van der Waals surface area contributed by atoms with Crippen LogP contribution >= 0.6 is 11.3 Å². The molecule has 7 heteroatoms. The Hall–Kier alpha value is -3.71. The zero-order valence-corrected chi connectivity index (χ0v) is 19.4. The van der Waals surface area contributed by atoms with Crippen molar-refractivity contribution in [3.05, 3.63) is 102 Å². The molecule has 1 aliphatic heterocycles. The Morgan fingerprint density at radius 1 is 1.18 bits per heavy atom. The largest absolute Gasteiger partial charge is 0.466 e. The van der Waals surface area contributed by atoms with Gasteiger partial charge < -0.3 is 9.72 Å². The van der Waals surface area contributed by atoms with Crippen molar-refractivity contribution in [3.63, 3.8) is 0 Å². The Labute approximate surface area is 194 Å². The van der Waals surface area contributed by atoms with Crippen LogP contribution in [0.3, 0.4) is 0 Å². The van der Waals surface area contributed by atoms with Gasteiger partial charge in [0.1, 0.15) is 0 Å². The molecule has 6 nitrogen and oxygen atoms in total. The number of fused-ring (bicyclic) bond motifs is 2. The molecule has 0 saturated heterocycles. The SMILES string of the molecule is CCC1=C(C(=O)OC)[C@@H](c2ccccc2)n2c(s/c(=C\c3c(C)[nH]c4ccccc34)c2=O)=N1. The number of hydrogen-bond donors (Lipinski definition) is 1. The van der Waals surface area contributed by atoms with E-state index >= 15 is 0 Å². The van der Waals surface area contributed by atoms with E-state index in [2.05, 4.69) is 4.98 Å². The molecule has 0 aliphatic carbocycles. The molecule has 2 aromatic heterocycles. The highest BCUT2D eigenvalue weighted by Gasteiger charge is 2.33. The summed E-state index contributed by atoms with van der Waals surface area (Å²) >= 11 is 1.34. The summed E-state index contributed by atoms with van der Waals surface area (Å²) in [6, 6.07) is 17.0. The number of allylic oxidation sites excluding steroid dienone is 1. The smallest absolute Gasteiger partial charge is 0.338 e. The zero-order valence-electron chi connectivity index (χ0n) is 18.6. The molecule has 1 atom stereocenters. The minimum absolute atomic E-state index is 0.172. The summed E-state index contributed by atoms with van der Waals surface area (Å²) in [5.74, 6) is -0.466. The molecular weight excluding hydrogens is 434 g/mol. The first-order valence-corrected chi connectivity index (χ1v) is 11.6. The number of rotatable bonds is 4. The van der Waals surface area contributed by atoms with E-state index in [1.54, 1.807) is 4.57 Å². The fraction of sp³-hybridized carbons (Fsp3) is 0.192. The number of aryl methyl sites for hydroxylation is 1. The van der Waals surface area contributed by atoms with Crippen LogP contribution in [0.1, 0.15) is 36.2 Å². The monoisotopic (exact) mass is 457 g/mol. The molecular formula is C26H23N3O3S. The van der Waals surface area contributed by atoms with Crippen molar-refractivity contribution < 1.29 is 9.53 Å². The van der Waals surface area contributed by atoms with Crippen LogP contribution < -0.4 is 14.9 Å². The fourth-order valence-electron chi connectivity index (χ4n) is 4.43. The van der Waals surface area contributed by atoms with Gasteiger partial charge >= 0.3 is 5.97 Å². The molecule has 0 saturated carbocycles. The van der Waals surface area contributed by atoms with E-state index in [0.29, 0.717) is 27.0 Å². The van der Waals surface area contributed by atoms with E-state index in [9.17, 15) is 9.59 Å². The summed E-state index contributed by atoms with van der Waals surface area (Å²) in [4.78, 5) is 35.2. The van der Waals surface area contributed by atoms with Crippen LogP contribution in [0.2, 0.25) is 0 Å². The first-order chi connectivity index (χ1) is 16.0. The molecule has 0 fully saturated rings. The summed E-state index contributed by atoms with van der Waals surface area (Å²) in [5.41, 5.74) is 4.72. The van der Waals surface area contributed by atoms with Crippen molar-refractivity contribution >= 4 is 34.3 Å². The number of methoxy groups -OCH3 is 1. The quantitative estimate of drug-likeness (QED) is 0.476. The number of benzene rings is 2. The number of aromatic nitrogens is 2. The number of ether oxygens (including phenoxy) is 1. The Morgan fingerprint density at radius 3 is 2.64 bits per heavy atom. The maximum absolute atomic E-state index is 13.7. The molecule has 5 rings (SSSR count). The van der Waals surface area contributed by atoms with Gasteiger partial charge in [-0.1, -0.05) is 66.8 Å². The number of carbonyl (C=O) groups is 1.